The fourth-order valence-electron chi connectivity index (χ4n) is 1.85. The van der Waals surface area contributed by atoms with Crippen LogP contribution >= 0.6 is 0 Å². The quantitative estimate of drug-likeness (QED) is 0.707. The molecule has 0 atom stereocenters. The molecule has 0 saturated heterocycles. The van der Waals surface area contributed by atoms with Gasteiger partial charge >= 0.3 is 0 Å². The van der Waals surface area contributed by atoms with E-state index >= 15 is 0 Å². The number of hydrogen-bond acceptors (Lipinski definition) is 6. The maximum absolute atomic E-state index is 9.10. The first-order valence-electron chi connectivity index (χ1n) is 5.79. The SMILES string of the molecule is Cn1ncc2c(Oc3ccc(N)cc3C#N)ncnc21. The Balaban J connectivity index is 2.08. The van der Waals surface area contributed by atoms with Crippen LogP contribution in [-0.4, -0.2) is 19.7 Å². The van der Waals surface area contributed by atoms with Crippen LogP contribution in [0.2, 0.25) is 0 Å². The van der Waals surface area contributed by atoms with E-state index < -0.39 is 0 Å². The average molecular weight is 266 g/mol. The van der Waals surface area contributed by atoms with E-state index in [0.717, 1.165) is 0 Å². The lowest BCUT2D eigenvalue weighted by Crippen LogP contribution is -1.96. The molecule has 0 unspecified atom stereocenters. The zero-order chi connectivity index (χ0) is 14.1. The first-order valence-corrected chi connectivity index (χ1v) is 5.79. The van der Waals surface area contributed by atoms with Crippen molar-refractivity contribution in [1.29, 1.82) is 5.26 Å². The van der Waals surface area contributed by atoms with Crippen molar-refractivity contribution in [2.45, 2.75) is 0 Å². The summed E-state index contributed by atoms with van der Waals surface area (Å²) in [5, 5.41) is 13.9. The summed E-state index contributed by atoms with van der Waals surface area (Å²) in [6.45, 7) is 0. The van der Waals surface area contributed by atoms with Gasteiger partial charge in [0.05, 0.1) is 11.8 Å². The molecule has 3 rings (SSSR count). The highest BCUT2D eigenvalue weighted by molar-refractivity contribution is 5.80. The predicted octanol–water partition coefficient (Wildman–Crippen LogP) is 1.61. The first-order chi connectivity index (χ1) is 9.69. The summed E-state index contributed by atoms with van der Waals surface area (Å²) in [4.78, 5) is 8.21. The second-order valence-electron chi connectivity index (χ2n) is 4.15. The predicted molar refractivity (Wildman–Crippen MR) is 71.9 cm³/mol. The number of ether oxygens (including phenoxy) is 1. The van der Waals surface area contributed by atoms with Gasteiger partial charge in [-0.1, -0.05) is 0 Å². The zero-order valence-corrected chi connectivity index (χ0v) is 10.6. The van der Waals surface area contributed by atoms with Crippen LogP contribution in [0.25, 0.3) is 11.0 Å². The Morgan fingerprint density at radius 2 is 2.20 bits per heavy atom. The minimum absolute atomic E-state index is 0.348. The molecule has 0 radical (unpaired) electrons. The minimum Gasteiger partial charge on any atom is -0.437 e. The third-order valence-electron chi connectivity index (χ3n) is 2.82. The molecular weight excluding hydrogens is 256 g/mol. The Kier molecular flexibility index (Phi) is 2.69. The zero-order valence-electron chi connectivity index (χ0n) is 10.6. The molecule has 2 heterocycles. The summed E-state index contributed by atoms with van der Waals surface area (Å²) in [7, 11) is 1.78. The average Bonchev–Trinajstić information content (AvgIpc) is 2.84. The summed E-state index contributed by atoms with van der Waals surface area (Å²) in [6, 6.07) is 6.89. The Labute approximate surface area is 114 Å². The fourth-order valence-corrected chi connectivity index (χ4v) is 1.85. The number of aryl methyl sites for hydroxylation is 1. The molecule has 0 spiro atoms. The molecule has 7 heteroatoms. The number of benzene rings is 1. The van der Waals surface area contributed by atoms with Gasteiger partial charge in [-0.05, 0) is 18.2 Å². The molecule has 2 aromatic heterocycles. The number of anilines is 1. The van der Waals surface area contributed by atoms with Crippen LogP contribution in [0.4, 0.5) is 5.69 Å². The highest BCUT2D eigenvalue weighted by atomic mass is 16.5. The van der Waals surface area contributed by atoms with Gasteiger partial charge in [0, 0.05) is 12.7 Å². The van der Waals surface area contributed by atoms with Crippen LogP contribution in [0.15, 0.2) is 30.7 Å². The monoisotopic (exact) mass is 266 g/mol. The second kappa shape index (κ2) is 4.51. The standard InChI is InChI=1S/C13H10N6O/c1-19-12-10(6-18-19)13(17-7-16-12)20-11-3-2-9(15)4-8(11)5-14/h2-4,6-7H,15H2,1H3. The van der Waals surface area contributed by atoms with Gasteiger partial charge < -0.3 is 10.5 Å². The van der Waals surface area contributed by atoms with Gasteiger partial charge in [-0.25, -0.2) is 9.97 Å². The highest BCUT2D eigenvalue weighted by Crippen LogP contribution is 2.29. The van der Waals surface area contributed by atoms with Crippen LogP contribution in [-0.2, 0) is 7.05 Å². The molecule has 0 saturated carbocycles. The van der Waals surface area contributed by atoms with Crippen molar-refractivity contribution < 1.29 is 4.74 Å². The number of aromatic nitrogens is 4. The van der Waals surface area contributed by atoms with Crippen LogP contribution < -0.4 is 10.5 Å². The minimum atomic E-state index is 0.348. The van der Waals surface area contributed by atoms with Crippen LogP contribution in [0.1, 0.15) is 5.56 Å². The third kappa shape index (κ3) is 1.89. The van der Waals surface area contributed by atoms with E-state index in [9.17, 15) is 0 Å². The summed E-state index contributed by atoms with van der Waals surface area (Å²) in [5.41, 5.74) is 7.15. The Morgan fingerprint density at radius 1 is 1.35 bits per heavy atom. The Bertz CT molecular complexity index is 832. The van der Waals surface area contributed by atoms with E-state index in [0.29, 0.717) is 33.9 Å². The molecule has 0 amide bonds. The Hall–Kier alpha value is -3.14. The summed E-state index contributed by atoms with van der Waals surface area (Å²) in [6.07, 6.45) is 3.01. The summed E-state index contributed by atoms with van der Waals surface area (Å²) in [5.74, 6) is 0.745. The third-order valence-corrected chi connectivity index (χ3v) is 2.82. The van der Waals surface area contributed by atoms with E-state index in [2.05, 4.69) is 15.1 Å². The van der Waals surface area contributed by atoms with Crippen molar-refractivity contribution in [2.24, 2.45) is 7.05 Å². The first kappa shape index (κ1) is 11.9. The molecule has 0 aliphatic rings. The van der Waals surface area contributed by atoms with Crippen molar-refractivity contribution >= 4 is 16.7 Å². The second-order valence-corrected chi connectivity index (χ2v) is 4.15. The molecule has 0 fully saturated rings. The van der Waals surface area contributed by atoms with Crippen molar-refractivity contribution in [3.8, 4) is 17.7 Å². The van der Waals surface area contributed by atoms with Gasteiger partial charge in [-0.2, -0.15) is 10.4 Å². The van der Waals surface area contributed by atoms with Gasteiger partial charge in [-0.15, -0.1) is 0 Å². The lowest BCUT2D eigenvalue weighted by Gasteiger charge is -2.07. The molecular formula is C13H10N6O. The number of hydrogen-bond donors (Lipinski definition) is 1. The van der Waals surface area contributed by atoms with Gasteiger partial charge in [0.15, 0.2) is 5.65 Å². The van der Waals surface area contributed by atoms with Crippen molar-refractivity contribution in [3.05, 3.63) is 36.3 Å². The van der Waals surface area contributed by atoms with Gasteiger partial charge in [0.1, 0.15) is 23.5 Å². The van der Waals surface area contributed by atoms with E-state index in [-0.39, 0.29) is 0 Å². The smallest absolute Gasteiger partial charge is 0.233 e. The molecule has 98 valence electrons. The van der Waals surface area contributed by atoms with E-state index in [4.69, 9.17) is 15.7 Å². The molecule has 0 bridgehead atoms. The maximum atomic E-state index is 9.10. The molecule has 0 aliphatic carbocycles. The topological polar surface area (TPSA) is 103 Å². The largest absolute Gasteiger partial charge is 0.437 e. The maximum Gasteiger partial charge on any atom is 0.233 e. The molecule has 20 heavy (non-hydrogen) atoms. The van der Waals surface area contributed by atoms with E-state index in [1.165, 1.54) is 6.33 Å². The van der Waals surface area contributed by atoms with Crippen LogP contribution in [0.3, 0.4) is 0 Å². The Morgan fingerprint density at radius 3 is 3.00 bits per heavy atom. The molecule has 0 aliphatic heterocycles. The number of nitriles is 1. The molecule has 2 N–H and O–H groups in total. The number of fused-ring (bicyclic) bond motifs is 1. The normalized spacial score (nSPS) is 10.4. The lowest BCUT2D eigenvalue weighted by molar-refractivity contribution is 0.466. The van der Waals surface area contributed by atoms with E-state index in [1.807, 2.05) is 6.07 Å². The number of nitrogens with two attached hydrogens (primary N) is 1. The number of nitrogen functional groups attached to an aromatic ring is 1. The van der Waals surface area contributed by atoms with Crippen molar-refractivity contribution in [2.75, 3.05) is 5.73 Å². The van der Waals surface area contributed by atoms with E-state index in [1.54, 1.807) is 36.1 Å². The number of nitrogens with zero attached hydrogens (tertiary/aromatic N) is 5. The molecule has 7 nitrogen and oxygen atoms in total. The highest BCUT2D eigenvalue weighted by Gasteiger charge is 2.12. The van der Waals surface area contributed by atoms with Gasteiger partial charge in [-0.3, -0.25) is 4.68 Å². The molecule has 3 aromatic rings. The van der Waals surface area contributed by atoms with Crippen LogP contribution in [0.5, 0.6) is 11.6 Å². The fraction of sp³-hybridized carbons (Fsp3) is 0.0769. The summed E-state index contributed by atoms with van der Waals surface area (Å²) < 4.78 is 7.32. The summed E-state index contributed by atoms with van der Waals surface area (Å²) >= 11 is 0. The van der Waals surface area contributed by atoms with Gasteiger partial charge in [0.25, 0.3) is 0 Å². The van der Waals surface area contributed by atoms with Crippen molar-refractivity contribution in [1.82, 2.24) is 19.7 Å². The molecule has 1 aromatic carbocycles. The van der Waals surface area contributed by atoms with Crippen LogP contribution in [0, 0.1) is 11.3 Å². The lowest BCUT2D eigenvalue weighted by atomic mass is 10.2. The van der Waals surface area contributed by atoms with Crippen molar-refractivity contribution in [3.63, 3.8) is 0 Å². The number of rotatable bonds is 2. The van der Waals surface area contributed by atoms with Gasteiger partial charge in [0.2, 0.25) is 5.88 Å².